The van der Waals surface area contributed by atoms with Crippen molar-refractivity contribution in [2.75, 3.05) is 6.54 Å². The van der Waals surface area contributed by atoms with E-state index < -0.39 is 6.10 Å². The molecule has 2 aromatic carbocycles. The Morgan fingerprint density at radius 1 is 1.12 bits per heavy atom. The third kappa shape index (κ3) is 3.61. The molecule has 0 spiro atoms. The fourth-order valence-electron chi connectivity index (χ4n) is 3.57. The maximum Gasteiger partial charge on any atom is 0.263 e. The lowest BCUT2D eigenvalue weighted by Gasteiger charge is -2.28. The number of para-hydroxylation sites is 1. The highest BCUT2D eigenvalue weighted by molar-refractivity contribution is 5.81. The van der Waals surface area contributed by atoms with Gasteiger partial charge < -0.3 is 9.64 Å². The lowest BCUT2D eigenvalue weighted by atomic mass is 9.99. The van der Waals surface area contributed by atoms with Crippen LogP contribution < -0.4 is 4.74 Å². The predicted octanol–water partition coefficient (Wildman–Crippen LogP) is 4.43. The Morgan fingerprint density at radius 3 is 2.46 bits per heavy atom. The lowest BCUT2D eigenvalue weighted by Crippen LogP contribution is -2.40. The van der Waals surface area contributed by atoms with E-state index in [1.165, 1.54) is 16.7 Å². The molecule has 1 aliphatic heterocycles. The molecule has 2 atom stereocenters. The number of nitrogens with zero attached hydrogens (tertiary/aromatic N) is 1. The van der Waals surface area contributed by atoms with E-state index in [0.29, 0.717) is 0 Å². The number of hydrogen-bond donors (Lipinski definition) is 0. The van der Waals surface area contributed by atoms with E-state index in [4.69, 9.17) is 4.74 Å². The number of aryl methyl sites for hydroxylation is 2. The first-order valence-electron chi connectivity index (χ1n) is 8.65. The molecule has 0 aromatic heterocycles. The second-order valence-corrected chi connectivity index (χ2v) is 6.68. The number of rotatable bonds is 4. The van der Waals surface area contributed by atoms with E-state index in [1.54, 1.807) is 0 Å². The summed E-state index contributed by atoms with van der Waals surface area (Å²) in [4.78, 5) is 14.9. The molecule has 3 nitrogen and oxygen atoms in total. The minimum absolute atomic E-state index is 0.0699. The summed E-state index contributed by atoms with van der Waals surface area (Å²) in [5.74, 6) is 0.806. The Bertz CT molecular complexity index is 691. The monoisotopic (exact) mass is 323 g/mol. The summed E-state index contributed by atoms with van der Waals surface area (Å²) in [5, 5.41) is 0. The summed E-state index contributed by atoms with van der Waals surface area (Å²) in [6, 6.07) is 16.3. The molecule has 0 bridgehead atoms. The molecule has 1 amide bonds. The molecule has 0 N–H and O–H groups in total. The van der Waals surface area contributed by atoms with E-state index in [9.17, 15) is 4.79 Å². The van der Waals surface area contributed by atoms with Crippen LogP contribution in [-0.2, 0) is 4.79 Å². The van der Waals surface area contributed by atoms with Crippen LogP contribution in [0.4, 0.5) is 0 Å². The van der Waals surface area contributed by atoms with E-state index in [2.05, 4.69) is 32.0 Å². The van der Waals surface area contributed by atoms with Gasteiger partial charge in [-0.1, -0.05) is 47.5 Å². The highest BCUT2D eigenvalue weighted by atomic mass is 16.5. The van der Waals surface area contributed by atoms with Gasteiger partial charge in [0.1, 0.15) is 5.75 Å². The zero-order chi connectivity index (χ0) is 17.1. The number of benzene rings is 2. The van der Waals surface area contributed by atoms with Gasteiger partial charge >= 0.3 is 0 Å². The highest BCUT2D eigenvalue weighted by Gasteiger charge is 2.33. The molecule has 1 heterocycles. The van der Waals surface area contributed by atoms with Crippen LogP contribution in [0.1, 0.15) is 42.5 Å². The summed E-state index contributed by atoms with van der Waals surface area (Å²) in [7, 11) is 0. The normalized spacial score (nSPS) is 18.5. The van der Waals surface area contributed by atoms with Crippen LogP contribution >= 0.6 is 0 Å². The average Bonchev–Trinajstić information content (AvgIpc) is 3.03. The van der Waals surface area contributed by atoms with Gasteiger partial charge in [0.25, 0.3) is 5.91 Å². The molecule has 2 unspecified atom stereocenters. The van der Waals surface area contributed by atoms with Gasteiger partial charge in [0, 0.05) is 6.54 Å². The first-order chi connectivity index (χ1) is 11.5. The Kier molecular flexibility index (Phi) is 4.89. The van der Waals surface area contributed by atoms with Crippen LogP contribution in [0.25, 0.3) is 0 Å². The van der Waals surface area contributed by atoms with Gasteiger partial charge in [-0.25, -0.2) is 0 Å². The maximum absolute atomic E-state index is 12.9. The number of ether oxygens (including phenoxy) is 1. The standard InChI is InChI=1S/C21H25NO2/c1-15-12-16(2)14-18(13-15)20-10-7-11-22(20)21(23)17(3)24-19-8-5-4-6-9-19/h4-6,8-9,12-14,17,20H,7,10-11H2,1-3H3. The Morgan fingerprint density at radius 2 is 1.79 bits per heavy atom. The minimum Gasteiger partial charge on any atom is -0.481 e. The fraction of sp³-hybridized carbons (Fsp3) is 0.381. The molecular formula is C21H25NO2. The van der Waals surface area contributed by atoms with Gasteiger partial charge in [0.05, 0.1) is 6.04 Å². The minimum atomic E-state index is -0.473. The number of likely N-dealkylation sites (tertiary alicyclic amines) is 1. The van der Waals surface area contributed by atoms with E-state index in [-0.39, 0.29) is 11.9 Å². The summed E-state index contributed by atoms with van der Waals surface area (Å²) >= 11 is 0. The number of amides is 1. The smallest absolute Gasteiger partial charge is 0.263 e. The molecule has 24 heavy (non-hydrogen) atoms. The molecular weight excluding hydrogens is 298 g/mol. The second-order valence-electron chi connectivity index (χ2n) is 6.68. The molecule has 3 rings (SSSR count). The SMILES string of the molecule is Cc1cc(C)cc(C2CCCN2C(=O)C(C)Oc2ccccc2)c1. The van der Waals surface area contributed by atoms with Crippen molar-refractivity contribution < 1.29 is 9.53 Å². The fourth-order valence-corrected chi connectivity index (χ4v) is 3.57. The van der Waals surface area contributed by atoms with Gasteiger partial charge in [0.15, 0.2) is 6.10 Å². The third-order valence-corrected chi connectivity index (χ3v) is 4.57. The largest absolute Gasteiger partial charge is 0.481 e. The third-order valence-electron chi connectivity index (χ3n) is 4.57. The van der Waals surface area contributed by atoms with Crippen molar-refractivity contribution in [3.63, 3.8) is 0 Å². The topological polar surface area (TPSA) is 29.5 Å². The van der Waals surface area contributed by atoms with E-state index in [0.717, 1.165) is 25.1 Å². The van der Waals surface area contributed by atoms with Crippen LogP contribution in [-0.4, -0.2) is 23.5 Å². The summed E-state index contributed by atoms with van der Waals surface area (Å²) in [5.41, 5.74) is 3.74. The first-order valence-corrected chi connectivity index (χ1v) is 8.65. The lowest BCUT2D eigenvalue weighted by molar-refractivity contribution is -0.138. The van der Waals surface area contributed by atoms with Crippen LogP contribution in [0.5, 0.6) is 5.75 Å². The van der Waals surface area contributed by atoms with Crippen molar-refractivity contribution in [3.8, 4) is 5.75 Å². The van der Waals surface area contributed by atoms with Crippen molar-refractivity contribution in [3.05, 3.63) is 65.2 Å². The van der Waals surface area contributed by atoms with Crippen molar-refractivity contribution in [1.29, 1.82) is 0 Å². The van der Waals surface area contributed by atoms with Gasteiger partial charge in [-0.05, 0) is 51.3 Å². The zero-order valence-corrected chi connectivity index (χ0v) is 14.7. The van der Waals surface area contributed by atoms with Crippen LogP contribution in [0.2, 0.25) is 0 Å². The highest BCUT2D eigenvalue weighted by Crippen LogP contribution is 2.33. The Hall–Kier alpha value is -2.29. The maximum atomic E-state index is 12.9. The van der Waals surface area contributed by atoms with E-state index in [1.807, 2.05) is 42.2 Å². The quantitative estimate of drug-likeness (QED) is 0.833. The van der Waals surface area contributed by atoms with Gasteiger partial charge in [-0.15, -0.1) is 0 Å². The molecule has 1 saturated heterocycles. The molecule has 1 aliphatic rings. The van der Waals surface area contributed by atoms with Crippen molar-refractivity contribution >= 4 is 5.91 Å². The Labute approximate surface area is 144 Å². The number of carbonyl (C=O) groups excluding carboxylic acids is 1. The van der Waals surface area contributed by atoms with Crippen LogP contribution in [0.3, 0.4) is 0 Å². The summed E-state index contributed by atoms with van der Waals surface area (Å²) in [6.07, 6.45) is 1.59. The van der Waals surface area contributed by atoms with Crippen LogP contribution in [0.15, 0.2) is 48.5 Å². The molecule has 126 valence electrons. The van der Waals surface area contributed by atoms with Gasteiger partial charge in [0.2, 0.25) is 0 Å². The van der Waals surface area contributed by atoms with Crippen LogP contribution in [0, 0.1) is 13.8 Å². The molecule has 2 aromatic rings. The first kappa shape index (κ1) is 16.6. The predicted molar refractivity (Wildman–Crippen MR) is 96.1 cm³/mol. The van der Waals surface area contributed by atoms with Crippen molar-refractivity contribution in [2.24, 2.45) is 0 Å². The van der Waals surface area contributed by atoms with Crippen molar-refractivity contribution in [1.82, 2.24) is 4.90 Å². The van der Waals surface area contributed by atoms with Gasteiger partial charge in [-0.3, -0.25) is 4.79 Å². The van der Waals surface area contributed by atoms with Gasteiger partial charge in [-0.2, -0.15) is 0 Å². The summed E-state index contributed by atoms with van der Waals surface area (Å²) < 4.78 is 5.83. The van der Waals surface area contributed by atoms with Crippen molar-refractivity contribution in [2.45, 2.75) is 45.8 Å². The molecule has 0 radical (unpaired) electrons. The zero-order valence-electron chi connectivity index (χ0n) is 14.7. The molecule has 1 fully saturated rings. The molecule has 0 saturated carbocycles. The molecule has 0 aliphatic carbocycles. The average molecular weight is 323 g/mol. The second kappa shape index (κ2) is 7.08. The number of hydrogen-bond acceptors (Lipinski definition) is 2. The molecule has 3 heteroatoms. The summed E-state index contributed by atoms with van der Waals surface area (Å²) in [6.45, 7) is 6.86. The Balaban J connectivity index is 1.75. The van der Waals surface area contributed by atoms with E-state index >= 15 is 0 Å². The number of carbonyl (C=O) groups is 1.